The monoisotopic (exact) mass is 334 g/mol. The van der Waals surface area contributed by atoms with Crippen LogP contribution in [-0.4, -0.2) is 17.4 Å². The van der Waals surface area contributed by atoms with E-state index in [4.69, 9.17) is 5.73 Å². The summed E-state index contributed by atoms with van der Waals surface area (Å²) < 4.78 is 38.4. The molecule has 3 nitrogen and oxygen atoms in total. The molecule has 0 heterocycles. The van der Waals surface area contributed by atoms with Gasteiger partial charge in [-0.3, -0.25) is 4.79 Å². The molecule has 1 aromatic carbocycles. The maximum atomic E-state index is 12.8. The summed E-state index contributed by atoms with van der Waals surface area (Å²) in [6.07, 6.45) is -1.98. The summed E-state index contributed by atoms with van der Waals surface area (Å²) in [5.74, 6) is 1.37. The van der Waals surface area contributed by atoms with Crippen LogP contribution in [0.5, 0.6) is 0 Å². The van der Waals surface area contributed by atoms with Gasteiger partial charge in [0.05, 0.1) is 5.56 Å². The lowest BCUT2D eigenvalue weighted by Crippen LogP contribution is -2.14. The van der Waals surface area contributed by atoms with Gasteiger partial charge in [0, 0.05) is 24.4 Å². The summed E-state index contributed by atoms with van der Waals surface area (Å²) in [7, 11) is 0. The van der Waals surface area contributed by atoms with Crippen molar-refractivity contribution in [2.75, 3.05) is 16.8 Å². The van der Waals surface area contributed by atoms with Gasteiger partial charge in [-0.15, -0.1) is 0 Å². The fourth-order valence-electron chi connectivity index (χ4n) is 1.78. The minimum Gasteiger partial charge on any atom is -0.326 e. The van der Waals surface area contributed by atoms with Crippen LogP contribution in [0.15, 0.2) is 18.2 Å². The minimum absolute atomic E-state index is 0.0142. The molecule has 0 saturated carbocycles. The lowest BCUT2D eigenvalue weighted by Gasteiger charge is -2.12. The molecule has 0 unspecified atom stereocenters. The molecule has 3 N–H and O–H groups in total. The highest BCUT2D eigenvalue weighted by Crippen LogP contribution is 2.32. The Hall–Kier alpha value is -1.21. The second-order valence-electron chi connectivity index (χ2n) is 4.88. The van der Waals surface area contributed by atoms with E-state index in [1.54, 1.807) is 11.8 Å². The van der Waals surface area contributed by atoms with Crippen LogP contribution < -0.4 is 11.1 Å². The van der Waals surface area contributed by atoms with Crippen molar-refractivity contribution in [2.45, 2.75) is 38.9 Å². The van der Waals surface area contributed by atoms with Crippen LogP contribution in [-0.2, 0) is 17.5 Å². The average Bonchev–Trinajstić information content (AvgIpc) is 2.45. The second-order valence-corrected chi connectivity index (χ2v) is 6.11. The summed E-state index contributed by atoms with van der Waals surface area (Å²) in [6.45, 7) is 2.08. The highest BCUT2D eigenvalue weighted by molar-refractivity contribution is 7.99. The standard InChI is InChI=1S/C15H21F3N2OS/c1-2-3-5-22-6-4-14(21)20-13-8-11(10-19)7-12(9-13)15(16,17)18/h7-9H,2-6,10,19H2,1H3,(H,20,21). The van der Waals surface area contributed by atoms with Gasteiger partial charge in [-0.25, -0.2) is 0 Å². The van der Waals surface area contributed by atoms with Gasteiger partial charge in [0.15, 0.2) is 0 Å². The molecular weight excluding hydrogens is 313 g/mol. The molecule has 1 rings (SSSR count). The fourth-order valence-corrected chi connectivity index (χ4v) is 2.81. The van der Waals surface area contributed by atoms with Gasteiger partial charge in [-0.1, -0.05) is 13.3 Å². The molecule has 0 aromatic heterocycles. The SMILES string of the molecule is CCCCSCCC(=O)Nc1cc(CN)cc(C(F)(F)F)c1. The summed E-state index contributed by atoms with van der Waals surface area (Å²) in [6, 6.07) is 3.40. The Balaban J connectivity index is 2.62. The second kappa shape index (κ2) is 9.05. The summed E-state index contributed by atoms with van der Waals surface area (Å²) in [5.41, 5.74) is 5.08. The van der Waals surface area contributed by atoms with Crippen LogP contribution >= 0.6 is 11.8 Å². The van der Waals surface area contributed by atoms with Crippen LogP contribution in [0, 0.1) is 0 Å². The van der Waals surface area contributed by atoms with Crippen molar-refractivity contribution in [1.82, 2.24) is 0 Å². The molecular formula is C15H21F3N2OS. The van der Waals surface area contributed by atoms with E-state index in [1.807, 2.05) is 0 Å². The van der Waals surface area contributed by atoms with E-state index in [-0.39, 0.29) is 24.6 Å². The molecule has 1 aromatic rings. The molecule has 0 aliphatic rings. The Labute approximate surface area is 132 Å². The Morgan fingerprint density at radius 2 is 2.00 bits per heavy atom. The number of nitrogens with two attached hydrogens (primary N) is 1. The van der Waals surface area contributed by atoms with Crippen LogP contribution in [0.25, 0.3) is 0 Å². The number of carbonyl (C=O) groups is 1. The van der Waals surface area contributed by atoms with E-state index in [2.05, 4.69) is 12.2 Å². The van der Waals surface area contributed by atoms with Crippen molar-refractivity contribution in [3.8, 4) is 0 Å². The molecule has 1 amide bonds. The van der Waals surface area contributed by atoms with Crippen molar-refractivity contribution in [3.63, 3.8) is 0 Å². The predicted molar refractivity (Wildman–Crippen MR) is 84.8 cm³/mol. The van der Waals surface area contributed by atoms with Gasteiger partial charge in [-0.05, 0) is 35.9 Å². The summed E-state index contributed by atoms with van der Waals surface area (Å²) >= 11 is 1.67. The van der Waals surface area contributed by atoms with Crippen molar-refractivity contribution < 1.29 is 18.0 Å². The first kappa shape index (κ1) is 18.8. The molecule has 22 heavy (non-hydrogen) atoms. The van der Waals surface area contributed by atoms with Crippen LogP contribution in [0.1, 0.15) is 37.3 Å². The van der Waals surface area contributed by atoms with Gasteiger partial charge >= 0.3 is 6.18 Å². The van der Waals surface area contributed by atoms with Crippen LogP contribution in [0.4, 0.5) is 18.9 Å². The van der Waals surface area contributed by atoms with E-state index >= 15 is 0 Å². The number of unbranched alkanes of at least 4 members (excludes halogenated alkanes) is 1. The number of alkyl halides is 3. The Morgan fingerprint density at radius 3 is 2.59 bits per heavy atom. The highest BCUT2D eigenvalue weighted by atomic mass is 32.2. The van der Waals surface area contributed by atoms with Gasteiger partial charge in [0.25, 0.3) is 0 Å². The number of nitrogens with one attached hydrogen (secondary N) is 1. The number of benzene rings is 1. The van der Waals surface area contributed by atoms with Gasteiger partial charge in [-0.2, -0.15) is 24.9 Å². The van der Waals surface area contributed by atoms with E-state index < -0.39 is 11.7 Å². The zero-order valence-corrected chi connectivity index (χ0v) is 13.3. The molecule has 0 aliphatic heterocycles. The van der Waals surface area contributed by atoms with Crippen molar-refractivity contribution in [3.05, 3.63) is 29.3 Å². The summed E-state index contributed by atoms with van der Waals surface area (Å²) in [5, 5.41) is 2.51. The summed E-state index contributed by atoms with van der Waals surface area (Å²) in [4.78, 5) is 11.8. The Bertz CT molecular complexity index is 492. The lowest BCUT2D eigenvalue weighted by molar-refractivity contribution is -0.137. The zero-order valence-electron chi connectivity index (χ0n) is 12.5. The molecule has 124 valence electrons. The predicted octanol–water partition coefficient (Wildman–Crippen LogP) is 4.03. The third-order valence-electron chi connectivity index (χ3n) is 2.96. The average molecular weight is 334 g/mol. The minimum atomic E-state index is -4.46. The number of thioether (sulfide) groups is 1. The third-order valence-corrected chi connectivity index (χ3v) is 4.03. The first-order valence-corrected chi connectivity index (χ1v) is 8.31. The molecule has 0 saturated heterocycles. The van der Waals surface area contributed by atoms with Crippen molar-refractivity contribution >= 4 is 23.4 Å². The molecule has 0 fully saturated rings. The largest absolute Gasteiger partial charge is 0.416 e. The quantitative estimate of drug-likeness (QED) is 0.706. The van der Waals surface area contributed by atoms with E-state index in [1.165, 1.54) is 6.07 Å². The van der Waals surface area contributed by atoms with E-state index in [0.717, 1.165) is 30.7 Å². The third kappa shape index (κ3) is 6.70. The molecule has 0 aliphatic carbocycles. The molecule has 0 bridgehead atoms. The molecule has 0 radical (unpaired) electrons. The van der Waals surface area contributed by atoms with E-state index in [0.29, 0.717) is 11.3 Å². The van der Waals surface area contributed by atoms with Gasteiger partial charge < -0.3 is 11.1 Å². The maximum Gasteiger partial charge on any atom is 0.416 e. The van der Waals surface area contributed by atoms with Crippen LogP contribution in [0.2, 0.25) is 0 Å². The Morgan fingerprint density at radius 1 is 1.27 bits per heavy atom. The Kier molecular flexibility index (Phi) is 7.75. The molecule has 7 heteroatoms. The van der Waals surface area contributed by atoms with Gasteiger partial charge in [0.2, 0.25) is 5.91 Å². The number of halogens is 3. The topological polar surface area (TPSA) is 55.1 Å². The maximum absolute atomic E-state index is 12.8. The zero-order chi connectivity index (χ0) is 16.6. The van der Waals surface area contributed by atoms with E-state index in [9.17, 15) is 18.0 Å². The van der Waals surface area contributed by atoms with Crippen LogP contribution in [0.3, 0.4) is 0 Å². The van der Waals surface area contributed by atoms with Crippen molar-refractivity contribution in [1.29, 1.82) is 0 Å². The first-order chi connectivity index (χ1) is 10.4. The number of hydrogen-bond donors (Lipinski definition) is 2. The number of hydrogen-bond acceptors (Lipinski definition) is 3. The molecule has 0 spiro atoms. The smallest absolute Gasteiger partial charge is 0.326 e. The number of amides is 1. The number of carbonyl (C=O) groups excluding carboxylic acids is 1. The number of rotatable bonds is 8. The normalized spacial score (nSPS) is 11.5. The molecule has 0 atom stereocenters. The van der Waals surface area contributed by atoms with Gasteiger partial charge in [0.1, 0.15) is 0 Å². The number of anilines is 1. The highest BCUT2D eigenvalue weighted by Gasteiger charge is 2.31. The lowest BCUT2D eigenvalue weighted by atomic mass is 10.1. The van der Waals surface area contributed by atoms with Crippen molar-refractivity contribution in [2.24, 2.45) is 5.73 Å². The fraction of sp³-hybridized carbons (Fsp3) is 0.533. The first-order valence-electron chi connectivity index (χ1n) is 7.15.